The molecule has 0 fully saturated rings. The lowest BCUT2D eigenvalue weighted by atomic mass is 9.90. The molecule has 154 valence electrons. The highest BCUT2D eigenvalue weighted by atomic mass is 19.4. The first kappa shape index (κ1) is 19.6. The summed E-state index contributed by atoms with van der Waals surface area (Å²) in [6.07, 6.45) is -10.4. The van der Waals surface area contributed by atoms with E-state index in [9.17, 15) is 45.5 Å². The van der Waals surface area contributed by atoms with Gasteiger partial charge in [-0.3, -0.25) is 0 Å². The minimum absolute atomic E-state index is 0.234. The molecule has 0 spiro atoms. The van der Waals surface area contributed by atoms with Crippen molar-refractivity contribution in [2.45, 2.75) is 12.4 Å². The Morgan fingerprint density at radius 3 is 1.60 bits per heavy atom. The molecule has 0 amide bonds. The Morgan fingerprint density at radius 2 is 1.03 bits per heavy atom. The van der Waals surface area contributed by atoms with Crippen LogP contribution in [0.1, 0.15) is 52.6 Å². The molecule has 6 nitrogen and oxygen atoms in total. The third-order valence-electron chi connectivity index (χ3n) is 4.45. The van der Waals surface area contributed by atoms with Crippen LogP contribution in [0, 0.1) is 0 Å². The number of halogens is 6. The largest absolute Gasteiger partial charge is 0.417 e. The van der Waals surface area contributed by atoms with Gasteiger partial charge in [0.05, 0.1) is 33.4 Å². The fourth-order valence-electron chi connectivity index (χ4n) is 3.20. The Kier molecular flexibility index (Phi) is 3.86. The smallest absolute Gasteiger partial charge is 0.386 e. The molecule has 0 aliphatic carbocycles. The Bertz CT molecular complexity index is 1190. The van der Waals surface area contributed by atoms with Gasteiger partial charge in [0.15, 0.2) is 0 Å². The summed E-state index contributed by atoms with van der Waals surface area (Å²) in [5, 5.41) is 0. The van der Waals surface area contributed by atoms with Gasteiger partial charge in [-0.25, -0.2) is 19.2 Å². The van der Waals surface area contributed by atoms with Crippen molar-refractivity contribution in [3.63, 3.8) is 0 Å². The van der Waals surface area contributed by atoms with Crippen molar-refractivity contribution >= 4 is 23.9 Å². The van der Waals surface area contributed by atoms with Crippen LogP contribution in [0.4, 0.5) is 26.3 Å². The normalized spacial score (nSPS) is 15.8. The minimum Gasteiger partial charge on any atom is -0.386 e. The summed E-state index contributed by atoms with van der Waals surface area (Å²) in [6.45, 7) is 0. The van der Waals surface area contributed by atoms with Crippen LogP contribution in [-0.2, 0) is 21.8 Å². The SMILES string of the molecule is O=C1OC(=O)c2cc(C(F)(F)F)c(-c3cc4c(c(C(F)(F)F)c3)C(=O)OC4=O)cc21. The molecule has 0 saturated heterocycles. The summed E-state index contributed by atoms with van der Waals surface area (Å²) >= 11 is 0. The number of carbonyl (C=O) groups excluding carboxylic acids is 4. The van der Waals surface area contributed by atoms with Crippen molar-refractivity contribution in [2.24, 2.45) is 0 Å². The number of benzene rings is 2. The molecule has 0 unspecified atom stereocenters. The Balaban J connectivity index is 2.07. The van der Waals surface area contributed by atoms with E-state index >= 15 is 0 Å². The molecule has 0 saturated carbocycles. The maximum Gasteiger partial charge on any atom is 0.417 e. The lowest BCUT2D eigenvalue weighted by molar-refractivity contribution is -0.138. The Hall–Kier alpha value is -3.70. The maximum absolute atomic E-state index is 13.6. The molecule has 0 bridgehead atoms. The number of esters is 4. The predicted molar refractivity (Wildman–Crippen MR) is 81.4 cm³/mol. The summed E-state index contributed by atoms with van der Waals surface area (Å²) in [5.74, 6) is -5.68. The second kappa shape index (κ2) is 5.90. The molecule has 0 radical (unpaired) electrons. The van der Waals surface area contributed by atoms with E-state index in [4.69, 9.17) is 0 Å². The van der Waals surface area contributed by atoms with Crippen LogP contribution in [0.25, 0.3) is 11.1 Å². The van der Waals surface area contributed by atoms with Crippen molar-refractivity contribution in [3.8, 4) is 11.1 Å². The van der Waals surface area contributed by atoms with Crippen molar-refractivity contribution in [3.05, 3.63) is 57.6 Å². The third kappa shape index (κ3) is 2.83. The Labute approximate surface area is 161 Å². The highest BCUT2D eigenvalue weighted by Gasteiger charge is 2.44. The van der Waals surface area contributed by atoms with Gasteiger partial charge in [0.25, 0.3) is 0 Å². The average Bonchev–Trinajstić information content (AvgIpc) is 3.07. The zero-order valence-electron chi connectivity index (χ0n) is 14.0. The topological polar surface area (TPSA) is 86.7 Å². The number of carbonyl (C=O) groups is 4. The van der Waals surface area contributed by atoms with Crippen LogP contribution in [0.5, 0.6) is 0 Å². The molecule has 2 aromatic rings. The van der Waals surface area contributed by atoms with Gasteiger partial charge < -0.3 is 9.47 Å². The number of ether oxygens (including phenoxy) is 2. The summed E-state index contributed by atoms with van der Waals surface area (Å²) < 4.78 is 89.4. The van der Waals surface area contributed by atoms with E-state index in [-0.39, 0.29) is 12.1 Å². The molecule has 2 aromatic carbocycles. The van der Waals surface area contributed by atoms with Gasteiger partial charge in [0, 0.05) is 0 Å². The number of fused-ring (bicyclic) bond motifs is 2. The van der Waals surface area contributed by atoms with Crippen LogP contribution >= 0.6 is 0 Å². The number of rotatable bonds is 1. The zero-order chi connectivity index (χ0) is 22.2. The first-order chi connectivity index (χ1) is 13.8. The van der Waals surface area contributed by atoms with E-state index in [0.717, 1.165) is 0 Å². The average molecular weight is 430 g/mol. The first-order valence-electron chi connectivity index (χ1n) is 7.83. The maximum atomic E-state index is 13.6. The van der Waals surface area contributed by atoms with Crippen LogP contribution in [0.15, 0.2) is 24.3 Å². The van der Waals surface area contributed by atoms with Gasteiger partial charge in [-0.2, -0.15) is 26.3 Å². The summed E-state index contributed by atoms with van der Waals surface area (Å²) in [5.41, 5.74) is -8.21. The van der Waals surface area contributed by atoms with Crippen LogP contribution < -0.4 is 0 Å². The number of cyclic esters (lactones) is 4. The predicted octanol–water partition coefficient (Wildman–Crippen LogP) is 4.01. The van der Waals surface area contributed by atoms with Crippen molar-refractivity contribution < 1.29 is 55.0 Å². The Morgan fingerprint density at radius 1 is 0.533 bits per heavy atom. The fourth-order valence-corrected chi connectivity index (χ4v) is 3.20. The fraction of sp³-hybridized carbons (Fsp3) is 0.111. The summed E-state index contributed by atoms with van der Waals surface area (Å²) in [7, 11) is 0. The van der Waals surface area contributed by atoms with E-state index in [2.05, 4.69) is 9.47 Å². The molecular weight excluding hydrogens is 426 g/mol. The van der Waals surface area contributed by atoms with Crippen molar-refractivity contribution in [1.29, 1.82) is 0 Å². The molecule has 0 aromatic heterocycles. The van der Waals surface area contributed by atoms with E-state index in [0.29, 0.717) is 12.1 Å². The minimum atomic E-state index is -5.21. The number of hydrogen-bond donors (Lipinski definition) is 0. The number of hydrogen-bond acceptors (Lipinski definition) is 6. The first-order valence-corrected chi connectivity index (χ1v) is 7.83. The van der Waals surface area contributed by atoms with Crippen molar-refractivity contribution in [2.75, 3.05) is 0 Å². The molecule has 30 heavy (non-hydrogen) atoms. The molecule has 2 aliphatic heterocycles. The quantitative estimate of drug-likeness (QED) is 0.386. The standard InChI is InChI=1S/C18H4F6O6/c19-17(20,21)10-4-8-7(13(25)29-14(8)26)3-6(10)5-1-9-12(16(28)30-15(9)27)11(2-5)18(22,23)24/h1-4H. The van der Waals surface area contributed by atoms with Crippen LogP contribution in [0.2, 0.25) is 0 Å². The molecule has 4 rings (SSSR count). The van der Waals surface area contributed by atoms with E-state index < -0.39 is 80.7 Å². The highest BCUT2D eigenvalue weighted by Crippen LogP contribution is 2.44. The van der Waals surface area contributed by atoms with Gasteiger partial charge >= 0.3 is 36.2 Å². The summed E-state index contributed by atoms with van der Waals surface area (Å²) in [4.78, 5) is 46.6. The lowest BCUT2D eigenvalue weighted by Gasteiger charge is -2.16. The zero-order valence-corrected chi connectivity index (χ0v) is 14.0. The third-order valence-corrected chi connectivity index (χ3v) is 4.45. The van der Waals surface area contributed by atoms with Gasteiger partial charge in [-0.05, 0) is 35.4 Å². The summed E-state index contributed by atoms with van der Waals surface area (Å²) in [6, 6.07) is 1.69. The number of alkyl halides is 6. The molecular formula is C18H4F6O6. The van der Waals surface area contributed by atoms with E-state index in [1.807, 2.05) is 0 Å². The van der Waals surface area contributed by atoms with Gasteiger partial charge in [-0.1, -0.05) is 0 Å². The second-order valence-corrected chi connectivity index (χ2v) is 6.24. The van der Waals surface area contributed by atoms with Gasteiger partial charge in [0.2, 0.25) is 0 Å². The van der Waals surface area contributed by atoms with Crippen molar-refractivity contribution in [1.82, 2.24) is 0 Å². The van der Waals surface area contributed by atoms with Gasteiger partial charge in [0.1, 0.15) is 0 Å². The molecule has 12 heteroatoms. The van der Waals surface area contributed by atoms with Gasteiger partial charge in [-0.15, -0.1) is 0 Å². The highest BCUT2D eigenvalue weighted by molar-refractivity contribution is 6.17. The van der Waals surface area contributed by atoms with E-state index in [1.165, 1.54) is 0 Å². The molecule has 0 atom stereocenters. The second-order valence-electron chi connectivity index (χ2n) is 6.24. The molecule has 2 aliphatic rings. The molecule has 2 heterocycles. The van der Waals surface area contributed by atoms with Crippen LogP contribution in [-0.4, -0.2) is 23.9 Å². The monoisotopic (exact) mass is 430 g/mol. The van der Waals surface area contributed by atoms with E-state index in [1.54, 1.807) is 0 Å². The van der Waals surface area contributed by atoms with Crippen LogP contribution in [0.3, 0.4) is 0 Å². The lowest BCUT2D eigenvalue weighted by Crippen LogP contribution is -2.14. The molecule has 0 N–H and O–H groups in total.